The lowest BCUT2D eigenvalue weighted by Gasteiger charge is -2.38. The molecule has 0 amide bonds. The van der Waals surface area contributed by atoms with Crippen molar-refractivity contribution in [3.8, 4) is 0 Å². The van der Waals surface area contributed by atoms with Crippen molar-refractivity contribution in [3.63, 3.8) is 0 Å². The zero-order chi connectivity index (χ0) is 14.6. The molecule has 1 unspecified atom stereocenters. The first-order chi connectivity index (χ1) is 9.57. The van der Waals surface area contributed by atoms with Crippen LogP contribution in [-0.2, 0) is 16.3 Å². The van der Waals surface area contributed by atoms with Gasteiger partial charge in [-0.25, -0.2) is 8.42 Å². The summed E-state index contributed by atoms with van der Waals surface area (Å²) in [5, 5.41) is 0. The molecule has 112 valence electrons. The first kappa shape index (κ1) is 15.3. The van der Waals surface area contributed by atoms with E-state index in [1.165, 1.54) is 11.3 Å². The highest BCUT2D eigenvalue weighted by molar-refractivity contribution is 7.91. The van der Waals surface area contributed by atoms with Crippen molar-refractivity contribution < 1.29 is 8.42 Å². The molecule has 0 aromatic heterocycles. The van der Waals surface area contributed by atoms with Crippen LogP contribution >= 0.6 is 0 Å². The molecular weight excluding hydrogens is 272 g/mol. The van der Waals surface area contributed by atoms with E-state index < -0.39 is 9.84 Å². The SMILES string of the molecule is CCS(=O)(=O)CCCN1c2ccccc2CCC1CN. The summed E-state index contributed by atoms with van der Waals surface area (Å²) in [4.78, 5) is 2.30. The molecule has 2 N–H and O–H groups in total. The van der Waals surface area contributed by atoms with Crippen molar-refractivity contribution in [3.05, 3.63) is 29.8 Å². The van der Waals surface area contributed by atoms with Crippen molar-refractivity contribution in [2.75, 3.05) is 29.5 Å². The second-order valence-corrected chi connectivity index (χ2v) is 7.81. The fourth-order valence-corrected chi connectivity index (χ4v) is 3.68. The third-order valence-electron chi connectivity index (χ3n) is 4.05. The third-order valence-corrected chi connectivity index (χ3v) is 5.85. The molecule has 0 fully saturated rings. The summed E-state index contributed by atoms with van der Waals surface area (Å²) in [5.41, 5.74) is 8.44. The number of anilines is 1. The van der Waals surface area contributed by atoms with Gasteiger partial charge in [0.05, 0.1) is 5.75 Å². The van der Waals surface area contributed by atoms with Crippen LogP contribution in [0.5, 0.6) is 0 Å². The molecule has 20 heavy (non-hydrogen) atoms. The van der Waals surface area contributed by atoms with E-state index in [1.54, 1.807) is 6.92 Å². The van der Waals surface area contributed by atoms with Gasteiger partial charge in [0.15, 0.2) is 0 Å². The summed E-state index contributed by atoms with van der Waals surface area (Å²) >= 11 is 0. The van der Waals surface area contributed by atoms with Gasteiger partial charge in [0.25, 0.3) is 0 Å². The van der Waals surface area contributed by atoms with Gasteiger partial charge >= 0.3 is 0 Å². The van der Waals surface area contributed by atoms with E-state index in [9.17, 15) is 8.42 Å². The highest BCUT2D eigenvalue weighted by atomic mass is 32.2. The van der Waals surface area contributed by atoms with Crippen molar-refractivity contribution in [1.82, 2.24) is 0 Å². The fraction of sp³-hybridized carbons (Fsp3) is 0.600. The molecule has 5 heteroatoms. The molecule has 0 saturated carbocycles. The molecule has 0 aliphatic carbocycles. The second-order valence-electron chi connectivity index (χ2n) is 5.34. The smallest absolute Gasteiger partial charge is 0.150 e. The number of sulfone groups is 1. The zero-order valence-electron chi connectivity index (χ0n) is 12.1. The number of fused-ring (bicyclic) bond motifs is 1. The molecule has 1 heterocycles. The summed E-state index contributed by atoms with van der Waals surface area (Å²) in [6, 6.07) is 8.69. The number of nitrogens with two attached hydrogens (primary N) is 1. The molecule has 0 saturated heterocycles. The highest BCUT2D eigenvalue weighted by Gasteiger charge is 2.24. The number of nitrogens with zero attached hydrogens (tertiary/aromatic N) is 1. The van der Waals surface area contributed by atoms with E-state index in [2.05, 4.69) is 23.1 Å². The van der Waals surface area contributed by atoms with Gasteiger partial charge in [-0.3, -0.25) is 0 Å². The topological polar surface area (TPSA) is 63.4 Å². The molecular formula is C15H24N2O2S. The van der Waals surface area contributed by atoms with Gasteiger partial charge in [-0.2, -0.15) is 0 Å². The summed E-state index contributed by atoms with van der Waals surface area (Å²) in [7, 11) is -2.88. The molecule has 1 aromatic rings. The Balaban J connectivity index is 2.08. The maximum absolute atomic E-state index is 11.6. The van der Waals surface area contributed by atoms with E-state index in [0.717, 1.165) is 19.4 Å². The minimum atomic E-state index is -2.88. The molecule has 1 aromatic carbocycles. The Morgan fingerprint density at radius 2 is 2.10 bits per heavy atom. The van der Waals surface area contributed by atoms with E-state index in [-0.39, 0.29) is 11.5 Å². The monoisotopic (exact) mass is 296 g/mol. The molecule has 0 radical (unpaired) electrons. The van der Waals surface area contributed by atoms with Crippen molar-refractivity contribution in [2.24, 2.45) is 5.73 Å². The standard InChI is InChI=1S/C15H24N2O2S/c1-2-20(18,19)11-5-10-17-14(12-16)9-8-13-6-3-4-7-15(13)17/h3-4,6-7,14H,2,5,8-12,16H2,1H3. The van der Waals surface area contributed by atoms with Crippen molar-refractivity contribution >= 4 is 15.5 Å². The van der Waals surface area contributed by atoms with E-state index in [1.807, 2.05) is 6.07 Å². The van der Waals surface area contributed by atoms with E-state index in [0.29, 0.717) is 19.0 Å². The summed E-state index contributed by atoms with van der Waals surface area (Å²) in [6.45, 7) is 3.08. The summed E-state index contributed by atoms with van der Waals surface area (Å²) in [5.74, 6) is 0.489. The normalized spacial score (nSPS) is 18.9. The first-order valence-corrected chi connectivity index (χ1v) is 9.14. The lowest BCUT2D eigenvalue weighted by molar-refractivity contribution is 0.529. The van der Waals surface area contributed by atoms with Gasteiger partial charge in [0, 0.05) is 30.6 Å². The maximum Gasteiger partial charge on any atom is 0.150 e. The van der Waals surface area contributed by atoms with Crippen LogP contribution in [-0.4, -0.2) is 39.1 Å². The van der Waals surface area contributed by atoms with E-state index >= 15 is 0 Å². The Morgan fingerprint density at radius 3 is 2.80 bits per heavy atom. The van der Waals surface area contributed by atoms with Gasteiger partial charge in [-0.1, -0.05) is 25.1 Å². The Hall–Kier alpha value is -1.07. The van der Waals surface area contributed by atoms with Gasteiger partial charge in [0.1, 0.15) is 9.84 Å². The average molecular weight is 296 g/mol. The van der Waals surface area contributed by atoms with Crippen molar-refractivity contribution in [2.45, 2.75) is 32.2 Å². The van der Waals surface area contributed by atoms with Gasteiger partial charge < -0.3 is 10.6 Å². The largest absolute Gasteiger partial charge is 0.367 e. The predicted octanol–water partition coefficient (Wildman–Crippen LogP) is 1.59. The van der Waals surface area contributed by atoms with Crippen LogP contribution in [0.2, 0.25) is 0 Å². The van der Waals surface area contributed by atoms with Crippen LogP contribution < -0.4 is 10.6 Å². The Bertz CT molecular complexity index is 543. The molecule has 1 aliphatic heterocycles. The molecule has 4 nitrogen and oxygen atoms in total. The number of hydrogen-bond acceptors (Lipinski definition) is 4. The van der Waals surface area contributed by atoms with Crippen LogP contribution in [0.3, 0.4) is 0 Å². The summed E-state index contributed by atoms with van der Waals surface area (Å²) in [6.07, 6.45) is 2.77. The lowest BCUT2D eigenvalue weighted by atomic mass is 9.95. The number of hydrogen-bond donors (Lipinski definition) is 1. The van der Waals surface area contributed by atoms with Gasteiger partial charge in [0.2, 0.25) is 0 Å². The Kier molecular flexibility index (Phi) is 5.05. The third kappa shape index (κ3) is 3.52. The molecule has 1 aliphatic rings. The lowest BCUT2D eigenvalue weighted by Crippen LogP contribution is -2.44. The van der Waals surface area contributed by atoms with Crippen molar-refractivity contribution in [1.29, 1.82) is 0 Å². The van der Waals surface area contributed by atoms with Crippen LogP contribution in [0.25, 0.3) is 0 Å². The zero-order valence-corrected chi connectivity index (χ0v) is 12.9. The Labute approximate surface area is 121 Å². The molecule has 2 rings (SSSR count). The van der Waals surface area contributed by atoms with Crippen LogP contribution in [0.4, 0.5) is 5.69 Å². The van der Waals surface area contributed by atoms with Crippen LogP contribution in [0.1, 0.15) is 25.3 Å². The molecule has 1 atom stereocenters. The number of rotatable bonds is 6. The minimum absolute atomic E-state index is 0.226. The van der Waals surface area contributed by atoms with Crippen LogP contribution in [0.15, 0.2) is 24.3 Å². The quantitative estimate of drug-likeness (QED) is 0.866. The van der Waals surface area contributed by atoms with E-state index in [4.69, 9.17) is 5.73 Å². The predicted molar refractivity (Wildman–Crippen MR) is 83.9 cm³/mol. The van der Waals surface area contributed by atoms with Gasteiger partial charge in [-0.15, -0.1) is 0 Å². The maximum atomic E-state index is 11.6. The summed E-state index contributed by atoms with van der Waals surface area (Å²) < 4.78 is 23.2. The second kappa shape index (κ2) is 6.59. The number of para-hydroxylation sites is 1. The minimum Gasteiger partial charge on any atom is -0.367 e. The molecule has 0 spiro atoms. The average Bonchev–Trinajstić information content (AvgIpc) is 2.47. The number of aryl methyl sites for hydroxylation is 1. The molecule has 0 bridgehead atoms. The highest BCUT2D eigenvalue weighted by Crippen LogP contribution is 2.30. The first-order valence-electron chi connectivity index (χ1n) is 7.32. The van der Waals surface area contributed by atoms with Gasteiger partial charge in [-0.05, 0) is 30.9 Å². The fourth-order valence-electron chi connectivity index (χ4n) is 2.82. The Morgan fingerprint density at radius 1 is 1.35 bits per heavy atom. The van der Waals surface area contributed by atoms with Crippen LogP contribution in [0, 0.1) is 0 Å². The number of benzene rings is 1.